The van der Waals surface area contributed by atoms with E-state index in [0.717, 1.165) is 30.8 Å². The molecular formula is C33H42N4O6S. The van der Waals surface area contributed by atoms with E-state index in [0.29, 0.717) is 51.4 Å². The number of anilines is 1. The van der Waals surface area contributed by atoms with Crippen LogP contribution in [0.25, 0.3) is 0 Å². The van der Waals surface area contributed by atoms with Crippen molar-refractivity contribution in [2.75, 3.05) is 57.9 Å². The zero-order valence-corrected chi connectivity index (χ0v) is 26.0. The number of rotatable bonds is 12. The quantitative estimate of drug-likeness (QED) is 0.330. The number of ether oxygens (including phenoxy) is 2. The molecule has 6 rings (SSSR count). The number of nitrogens with zero attached hydrogens (tertiary/aromatic N) is 2. The smallest absolute Gasteiger partial charge is 0.244 e. The first-order valence-corrected chi connectivity index (χ1v) is 16.6. The molecule has 3 N–H and O–H groups in total. The summed E-state index contributed by atoms with van der Waals surface area (Å²) in [5.74, 6) is -1.12. The average molecular weight is 623 g/mol. The van der Waals surface area contributed by atoms with Crippen LogP contribution in [0.4, 0.5) is 5.69 Å². The van der Waals surface area contributed by atoms with Gasteiger partial charge in [-0.2, -0.15) is 0 Å². The Bertz CT molecular complexity index is 1320. The third-order valence-corrected chi connectivity index (χ3v) is 11.4. The van der Waals surface area contributed by atoms with Gasteiger partial charge in [0.05, 0.1) is 49.1 Å². The number of likely N-dealkylation sites (tertiary alicyclic amines) is 1. The van der Waals surface area contributed by atoms with Crippen molar-refractivity contribution in [2.45, 2.75) is 48.3 Å². The SMILES string of the molecule is CCOc1ccc(NC(=O)[C@@H]2[C@H]3C(=O)N([C@@H](CO)Cc4ccccc4)C(C(=O)NCCN4CCOCC4)C34CC[C@H]2S4)cc1. The highest BCUT2D eigenvalue weighted by Crippen LogP contribution is 2.66. The monoisotopic (exact) mass is 622 g/mol. The van der Waals surface area contributed by atoms with Gasteiger partial charge >= 0.3 is 0 Å². The Morgan fingerprint density at radius 1 is 1.11 bits per heavy atom. The molecule has 0 saturated carbocycles. The second-order valence-corrected chi connectivity index (χ2v) is 13.6. The van der Waals surface area contributed by atoms with E-state index in [4.69, 9.17) is 9.47 Å². The van der Waals surface area contributed by atoms with Crippen molar-refractivity contribution in [3.8, 4) is 5.75 Å². The van der Waals surface area contributed by atoms with Crippen LogP contribution in [0.5, 0.6) is 5.75 Å². The normalized spacial score (nSPS) is 28.5. The molecule has 4 aliphatic rings. The molecule has 0 aromatic heterocycles. The number of amides is 3. The number of morpholine rings is 1. The highest BCUT2D eigenvalue weighted by atomic mass is 32.2. The molecule has 1 spiro atoms. The summed E-state index contributed by atoms with van der Waals surface area (Å²) in [6.07, 6.45) is 1.84. The average Bonchev–Trinajstić information content (AvgIpc) is 3.69. The maximum Gasteiger partial charge on any atom is 0.244 e. The summed E-state index contributed by atoms with van der Waals surface area (Å²) in [6, 6.07) is 15.6. The summed E-state index contributed by atoms with van der Waals surface area (Å²) in [4.78, 5) is 46.4. The van der Waals surface area contributed by atoms with Crippen LogP contribution in [0.3, 0.4) is 0 Å². The van der Waals surface area contributed by atoms with E-state index in [1.165, 1.54) is 0 Å². The highest BCUT2D eigenvalue weighted by molar-refractivity contribution is 8.02. The Morgan fingerprint density at radius 3 is 2.57 bits per heavy atom. The number of hydrogen-bond donors (Lipinski definition) is 3. The number of benzene rings is 2. The predicted molar refractivity (Wildman–Crippen MR) is 168 cm³/mol. The van der Waals surface area contributed by atoms with Crippen LogP contribution in [-0.4, -0.2) is 107 Å². The van der Waals surface area contributed by atoms with Crippen molar-refractivity contribution < 1.29 is 29.0 Å². The molecule has 0 radical (unpaired) electrons. The Hall–Kier alpha value is -3.12. The lowest BCUT2D eigenvalue weighted by Crippen LogP contribution is -2.57. The summed E-state index contributed by atoms with van der Waals surface area (Å²) < 4.78 is 10.2. The first kappa shape index (κ1) is 30.9. The minimum absolute atomic E-state index is 0.0563. The first-order chi connectivity index (χ1) is 21.4. The van der Waals surface area contributed by atoms with Crippen LogP contribution in [0.1, 0.15) is 25.3 Å². The third kappa shape index (κ3) is 5.94. The fraction of sp³-hybridized carbons (Fsp3) is 0.545. The molecule has 2 bridgehead atoms. The molecule has 2 unspecified atom stereocenters. The van der Waals surface area contributed by atoms with Crippen molar-refractivity contribution in [1.29, 1.82) is 0 Å². The van der Waals surface area contributed by atoms with Crippen LogP contribution in [0.15, 0.2) is 54.6 Å². The van der Waals surface area contributed by atoms with E-state index < -0.39 is 28.7 Å². The minimum Gasteiger partial charge on any atom is -0.494 e. The predicted octanol–water partition coefficient (Wildman–Crippen LogP) is 2.17. The van der Waals surface area contributed by atoms with E-state index in [1.54, 1.807) is 28.8 Å². The van der Waals surface area contributed by atoms with Crippen molar-refractivity contribution in [3.63, 3.8) is 0 Å². The van der Waals surface area contributed by atoms with E-state index in [-0.39, 0.29) is 29.6 Å². The summed E-state index contributed by atoms with van der Waals surface area (Å²) in [5.41, 5.74) is 1.61. The fourth-order valence-corrected chi connectivity index (χ4v) is 9.71. The first-order valence-electron chi connectivity index (χ1n) is 15.7. The molecule has 4 saturated heterocycles. The third-order valence-electron chi connectivity index (χ3n) is 9.47. The maximum absolute atomic E-state index is 14.5. The molecule has 44 heavy (non-hydrogen) atoms. The van der Waals surface area contributed by atoms with Gasteiger partial charge < -0.3 is 30.1 Å². The Morgan fingerprint density at radius 2 is 1.86 bits per heavy atom. The molecule has 236 valence electrons. The number of aliphatic hydroxyl groups excluding tert-OH is 1. The molecule has 6 atom stereocenters. The van der Waals surface area contributed by atoms with Crippen molar-refractivity contribution in [2.24, 2.45) is 11.8 Å². The van der Waals surface area contributed by atoms with Crippen molar-refractivity contribution in [3.05, 3.63) is 60.2 Å². The Kier molecular flexibility index (Phi) is 9.46. The molecular weight excluding hydrogens is 580 g/mol. The van der Waals surface area contributed by atoms with E-state index in [9.17, 15) is 19.5 Å². The molecule has 2 aromatic rings. The zero-order valence-electron chi connectivity index (χ0n) is 25.2. The molecule has 4 heterocycles. The van der Waals surface area contributed by atoms with E-state index in [2.05, 4.69) is 15.5 Å². The maximum atomic E-state index is 14.5. The van der Waals surface area contributed by atoms with Gasteiger partial charge in [0.25, 0.3) is 0 Å². The number of thioether (sulfide) groups is 1. The van der Waals surface area contributed by atoms with Crippen LogP contribution >= 0.6 is 11.8 Å². The van der Waals surface area contributed by atoms with Gasteiger partial charge in [0.15, 0.2) is 0 Å². The molecule has 11 heteroatoms. The van der Waals surface area contributed by atoms with Gasteiger partial charge in [-0.1, -0.05) is 30.3 Å². The fourth-order valence-electron chi connectivity index (χ4n) is 7.51. The van der Waals surface area contributed by atoms with Gasteiger partial charge in [-0.3, -0.25) is 19.3 Å². The van der Waals surface area contributed by atoms with Crippen LogP contribution in [0, 0.1) is 11.8 Å². The number of fused-ring (bicyclic) bond motifs is 1. The van der Waals surface area contributed by atoms with Crippen LogP contribution in [-0.2, 0) is 25.5 Å². The molecule has 3 amide bonds. The second-order valence-electron chi connectivity index (χ2n) is 12.0. The number of carbonyl (C=O) groups is 3. The minimum atomic E-state index is -0.774. The summed E-state index contributed by atoms with van der Waals surface area (Å²) in [7, 11) is 0. The number of carbonyl (C=O) groups excluding carboxylic acids is 3. The second kappa shape index (κ2) is 13.5. The van der Waals surface area contributed by atoms with Gasteiger partial charge in [-0.15, -0.1) is 11.8 Å². The summed E-state index contributed by atoms with van der Waals surface area (Å²) in [5, 5.41) is 16.7. The largest absolute Gasteiger partial charge is 0.494 e. The number of hydrogen-bond acceptors (Lipinski definition) is 8. The van der Waals surface area contributed by atoms with Crippen LogP contribution in [0.2, 0.25) is 0 Å². The van der Waals surface area contributed by atoms with E-state index >= 15 is 0 Å². The topological polar surface area (TPSA) is 120 Å². The van der Waals surface area contributed by atoms with Gasteiger partial charge in [0.2, 0.25) is 17.7 Å². The van der Waals surface area contributed by atoms with E-state index in [1.807, 2.05) is 49.4 Å². The highest BCUT2D eigenvalue weighted by Gasteiger charge is 2.74. The lowest BCUT2D eigenvalue weighted by atomic mass is 9.70. The molecule has 4 aliphatic heterocycles. The molecule has 10 nitrogen and oxygen atoms in total. The summed E-state index contributed by atoms with van der Waals surface area (Å²) in [6.45, 7) is 6.34. The van der Waals surface area contributed by atoms with Crippen molar-refractivity contribution in [1.82, 2.24) is 15.1 Å². The van der Waals surface area contributed by atoms with Gasteiger partial charge in [-0.05, 0) is 56.0 Å². The molecule has 0 aliphatic carbocycles. The molecule has 2 aromatic carbocycles. The zero-order chi connectivity index (χ0) is 30.7. The lowest BCUT2D eigenvalue weighted by Gasteiger charge is -2.37. The van der Waals surface area contributed by atoms with Gasteiger partial charge in [0, 0.05) is 37.1 Å². The van der Waals surface area contributed by atoms with Gasteiger partial charge in [-0.25, -0.2) is 0 Å². The number of aliphatic hydroxyl groups is 1. The number of nitrogens with one attached hydrogen (secondary N) is 2. The molecule has 4 fully saturated rings. The standard InChI is InChI=1S/C33H42N4O6S/c1-2-43-25-10-8-23(9-11-25)35-30(39)27-26-12-13-33(44-26)28(27)32(41)37(24(21-38)20-22-6-4-3-5-7-22)29(33)31(40)34-14-15-36-16-18-42-19-17-36/h3-11,24,26-29,38H,2,12-21H2,1H3,(H,34,40)(H,35,39)/t24-,26-,27+,28+,29?,33?/m1/s1. The Labute approximate surface area is 262 Å². The van der Waals surface area contributed by atoms with Gasteiger partial charge in [0.1, 0.15) is 11.8 Å². The summed E-state index contributed by atoms with van der Waals surface area (Å²) >= 11 is 1.63. The van der Waals surface area contributed by atoms with Crippen LogP contribution < -0.4 is 15.4 Å². The Balaban J connectivity index is 1.26. The lowest BCUT2D eigenvalue weighted by molar-refractivity contribution is -0.142. The van der Waals surface area contributed by atoms with Crippen molar-refractivity contribution >= 4 is 35.2 Å².